The highest BCUT2D eigenvalue weighted by molar-refractivity contribution is 7.65. The average Bonchev–Trinajstić information content (AvgIpc) is 3.84. The number of amides is 8. The third kappa shape index (κ3) is 12.4. The summed E-state index contributed by atoms with van der Waals surface area (Å²) in [5.41, 5.74) is 7.31. The van der Waals surface area contributed by atoms with E-state index in [0.29, 0.717) is 51.9 Å². The summed E-state index contributed by atoms with van der Waals surface area (Å²) in [6, 6.07) is 7.85. The molecule has 376 valence electrons. The summed E-state index contributed by atoms with van der Waals surface area (Å²) >= 11 is 0.343. The summed E-state index contributed by atoms with van der Waals surface area (Å²) in [4.78, 5) is 123. The molecule has 1 aliphatic carbocycles. The van der Waals surface area contributed by atoms with E-state index in [-0.39, 0.29) is 81.6 Å². The Hall–Kier alpha value is -6.51. The molecular formula is C49H64N9O11S+. The molecule has 2 aromatic carbocycles. The highest BCUT2D eigenvalue weighted by Gasteiger charge is 2.46. The number of nitrogens with two attached hydrogens (primary N) is 1. The molecule has 6 N–H and O–H groups in total. The Kier molecular flexibility index (Phi) is 16.2. The molecule has 7 rings (SSSR count). The van der Waals surface area contributed by atoms with E-state index in [2.05, 4.69) is 21.3 Å². The quantitative estimate of drug-likeness (QED) is 0.109. The van der Waals surface area contributed by atoms with Gasteiger partial charge in [0.2, 0.25) is 41.4 Å². The fourth-order valence-electron chi connectivity index (χ4n) is 10.3. The number of rotatable bonds is 15. The number of benzene rings is 2. The Bertz CT molecular complexity index is 2580. The number of hydrogen-bond donors (Lipinski definition) is 5. The third-order valence-electron chi connectivity index (χ3n) is 14.0. The monoisotopic (exact) mass is 986 g/mol. The summed E-state index contributed by atoms with van der Waals surface area (Å²) < 4.78 is 19.7. The second-order valence-electron chi connectivity index (χ2n) is 20.1. The van der Waals surface area contributed by atoms with Crippen molar-refractivity contribution in [2.24, 2.45) is 24.6 Å². The van der Waals surface area contributed by atoms with Crippen molar-refractivity contribution >= 4 is 70.1 Å². The van der Waals surface area contributed by atoms with Gasteiger partial charge < -0.3 is 36.2 Å². The number of alkyl carbamates (subject to hydrolysis) is 1. The van der Waals surface area contributed by atoms with Gasteiger partial charge in [0.05, 0.1) is 17.6 Å². The Morgan fingerprint density at radius 1 is 0.886 bits per heavy atom. The van der Waals surface area contributed by atoms with Crippen molar-refractivity contribution in [2.45, 2.75) is 151 Å². The number of hydrogen-bond acceptors (Lipinski definition) is 11. The predicted molar refractivity (Wildman–Crippen MR) is 255 cm³/mol. The molecule has 1 saturated carbocycles. The van der Waals surface area contributed by atoms with E-state index in [4.69, 9.17) is 10.5 Å². The first kappa shape index (κ1) is 51.3. The lowest BCUT2D eigenvalue weighted by atomic mass is 9.78. The number of imidazole rings is 1. The molecule has 4 heterocycles. The van der Waals surface area contributed by atoms with Gasteiger partial charge in [-0.3, -0.25) is 48.0 Å². The lowest BCUT2D eigenvalue weighted by molar-refractivity contribution is -0.146. The van der Waals surface area contributed by atoms with Crippen molar-refractivity contribution in [1.82, 2.24) is 40.2 Å². The van der Waals surface area contributed by atoms with E-state index in [1.165, 1.54) is 14.0 Å². The number of ether oxygens (including phenoxy) is 1. The third-order valence-corrected chi connectivity index (χ3v) is 14.4. The topological polar surface area (TPSA) is 270 Å². The maximum atomic E-state index is 14.6. The summed E-state index contributed by atoms with van der Waals surface area (Å²) in [6.45, 7) is 5.29. The zero-order valence-corrected chi connectivity index (χ0v) is 41.0. The van der Waals surface area contributed by atoms with E-state index < -0.39 is 71.4 Å². The fourth-order valence-corrected chi connectivity index (χ4v) is 10.6. The zero-order chi connectivity index (χ0) is 50.4. The maximum absolute atomic E-state index is 14.6. The van der Waals surface area contributed by atoms with Crippen molar-refractivity contribution in [3.8, 4) is 0 Å². The lowest BCUT2D eigenvalue weighted by Crippen LogP contribution is -2.62. The van der Waals surface area contributed by atoms with Crippen LogP contribution in [0.1, 0.15) is 115 Å². The molecule has 3 saturated heterocycles. The molecule has 1 unspecified atom stereocenters. The summed E-state index contributed by atoms with van der Waals surface area (Å²) in [7, 11) is 1.68. The van der Waals surface area contributed by atoms with Crippen molar-refractivity contribution in [1.29, 1.82) is 0 Å². The van der Waals surface area contributed by atoms with E-state index in [1.807, 2.05) is 18.2 Å². The van der Waals surface area contributed by atoms with Gasteiger partial charge in [0.1, 0.15) is 29.8 Å². The molecule has 70 heavy (non-hydrogen) atoms. The minimum Gasteiger partial charge on any atom is -0.444 e. The molecule has 0 radical (unpaired) electrons. The molecule has 3 aliphatic heterocycles. The molecule has 4 aliphatic rings. The number of primary amides is 1. The predicted octanol–water partition coefficient (Wildman–Crippen LogP) is 2.40. The zero-order valence-electron chi connectivity index (χ0n) is 40.2. The van der Waals surface area contributed by atoms with Gasteiger partial charge in [0.25, 0.3) is 4.90 Å². The van der Waals surface area contributed by atoms with Crippen LogP contribution < -0.4 is 32.7 Å². The van der Waals surface area contributed by atoms with Crippen molar-refractivity contribution in [2.75, 3.05) is 13.1 Å². The van der Waals surface area contributed by atoms with Crippen LogP contribution in [0.25, 0.3) is 11.0 Å². The van der Waals surface area contributed by atoms with Gasteiger partial charge in [-0.05, 0) is 120 Å². The van der Waals surface area contributed by atoms with Crippen LogP contribution in [-0.2, 0) is 74.2 Å². The van der Waals surface area contributed by atoms with Crippen molar-refractivity contribution in [3.63, 3.8) is 0 Å². The molecule has 5 atom stereocenters. The van der Waals surface area contributed by atoms with Crippen LogP contribution in [0, 0.1) is 11.8 Å². The van der Waals surface area contributed by atoms with Gasteiger partial charge in [0.15, 0.2) is 0 Å². The number of nitrogens with one attached hydrogen (secondary N) is 4. The second kappa shape index (κ2) is 22.1. The van der Waals surface area contributed by atoms with Gasteiger partial charge in [-0.15, -0.1) is 0 Å². The van der Waals surface area contributed by atoms with Gasteiger partial charge in [-0.25, -0.2) is 9.59 Å². The molecule has 0 bridgehead atoms. The largest absolute Gasteiger partial charge is 0.505 e. The van der Waals surface area contributed by atoms with Crippen LogP contribution in [0.15, 0.2) is 52.2 Å². The van der Waals surface area contributed by atoms with E-state index in [1.54, 1.807) is 57.0 Å². The fraction of sp³-hybridized carbons (Fsp3) is 0.571. The highest BCUT2D eigenvalue weighted by atomic mass is 32.1. The van der Waals surface area contributed by atoms with Gasteiger partial charge in [-0.1, -0.05) is 18.2 Å². The van der Waals surface area contributed by atoms with E-state index >= 15 is 0 Å². The molecule has 1 aromatic heterocycles. The molecule has 0 spiro atoms. The number of aromatic nitrogens is 2. The lowest BCUT2D eigenvalue weighted by Gasteiger charge is -2.39. The molecule has 3 aromatic rings. The number of piperidine rings is 1. The first-order valence-electron chi connectivity index (χ1n) is 24.2. The minimum atomic E-state index is -1.25. The van der Waals surface area contributed by atoms with Crippen LogP contribution in [0.3, 0.4) is 0 Å². The van der Waals surface area contributed by atoms with Crippen molar-refractivity contribution in [3.05, 3.63) is 64.1 Å². The molecular weight excluding hydrogens is 923 g/mol. The molecule has 4 fully saturated rings. The smallest absolute Gasteiger partial charge is 0.444 e. The highest BCUT2D eigenvalue weighted by Crippen LogP contribution is 2.35. The van der Waals surface area contributed by atoms with E-state index in [0.717, 1.165) is 37.7 Å². The minimum absolute atomic E-state index is 0.0887. The first-order valence-corrected chi connectivity index (χ1v) is 24.9. The van der Waals surface area contributed by atoms with Crippen LogP contribution >= 0.6 is 0 Å². The number of nitrogens with zero attached hydrogens (tertiary/aromatic N) is 4. The Morgan fingerprint density at radius 3 is 2.26 bits per heavy atom. The SMILES string of the molecule is Cn1c(=O)n(C2CCC(=O)NC2=O)c2ccc(C[C@H]3CC[C@@H](CC(=O)N4CC[C@H]5CC[C@@H](C(=O)N[C@@H](CCC(N)=O)C(=O)NCc6ccc([S+]=O)cc6)N5C(=O)[C@@H](NC(=O)OC(C)(C)C)C4)CC3)cc21. The molecule has 20 nitrogen and oxygen atoms in total. The van der Waals surface area contributed by atoms with Gasteiger partial charge in [-0.2, -0.15) is 0 Å². The van der Waals surface area contributed by atoms with E-state index in [9.17, 15) is 47.4 Å². The summed E-state index contributed by atoms with van der Waals surface area (Å²) in [5.74, 6) is -2.90. The maximum Gasteiger partial charge on any atom is 0.505 e. The second-order valence-corrected chi connectivity index (χ2v) is 20.8. The standard InChI is InChI=1S/C49H63N9O11S/c1-49(2,3)69-47(66)53-35-27-56(22-21-32-12-17-37(57(32)46(35)65)44(63)52-34(15-19-40(50)59)43(62)51-26-30-9-13-33(70-68)14-10-30)42(61)25-29-7-5-28(6-8-29)23-31-11-16-36-39(24-31)55(4)48(67)58(36)38-18-20-41(60)54-45(38)64/h9-11,13-14,16,24,28-29,32,34-35,37-38H,5-8,12,15,17-23,25-27H2,1-4H3,(H5-,50,51,52,53,54,59,60,62,63,64,66)/p+1/t28-,29+,32-,34+,35+,37+,38?/m1/s1. The number of fused-ring (bicyclic) bond motifs is 2. The summed E-state index contributed by atoms with van der Waals surface area (Å²) in [5, 5.41) is 10.6. The Labute approximate surface area is 409 Å². The van der Waals surface area contributed by atoms with Gasteiger partial charge >= 0.3 is 23.4 Å². The molecule has 21 heteroatoms. The van der Waals surface area contributed by atoms with Crippen molar-refractivity contribution < 1.29 is 47.3 Å². The Morgan fingerprint density at radius 2 is 1.59 bits per heavy atom. The first-order chi connectivity index (χ1) is 33.3. The average molecular weight is 987 g/mol. The van der Waals surface area contributed by atoms with Crippen LogP contribution in [0.5, 0.6) is 0 Å². The van der Waals surface area contributed by atoms with Gasteiger partial charge in [0, 0.05) is 61.8 Å². The van der Waals surface area contributed by atoms with Crippen LogP contribution in [0.2, 0.25) is 0 Å². The summed E-state index contributed by atoms with van der Waals surface area (Å²) in [6.07, 6.45) is 4.80. The molecule has 8 amide bonds. The Balaban J connectivity index is 0.980. The van der Waals surface area contributed by atoms with Crippen LogP contribution in [0.4, 0.5) is 4.79 Å². The van der Waals surface area contributed by atoms with Crippen LogP contribution in [-0.4, -0.2) is 109 Å². The number of carbonyl (C=O) groups is 8. The number of imide groups is 1. The normalized spacial score (nSPS) is 23.3. The number of aryl methyl sites for hydroxylation is 1. The number of carbonyl (C=O) groups excluding carboxylic acids is 8.